The largest absolute Gasteiger partial charge is 0.352 e. The Morgan fingerprint density at radius 1 is 1.23 bits per heavy atom. The zero-order valence-electron chi connectivity index (χ0n) is 15.5. The van der Waals surface area contributed by atoms with Crippen LogP contribution in [0.2, 0.25) is 0 Å². The molecule has 2 aliphatic rings. The molecule has 2 aromatic heterocycles. The number of amides is 1. The summed E-state index contributed by atoms with van der Waals surface area (Å²) >= 11 is 0. The molecule has 0 unspecified atom stereocenters. The summed E-state index contributed by atoms with van der Waals surface area (Å²) in [5, 5.41) is 12.6. The Balaban J connectivity index is 1.46. The Kier molecular flexibility index (Phi) is 4.61. The molecule has 1 amide bonds. The van der Waals surface area contributed by atoms with E-state index in [1.54, 1.807) is 12.4 Å². The standard InChI is InChI=1S/C19H26N6O/c1-14(2)13-25-18(15-5-6-15)16(12-21-25)19(26)24-10-8-23(9-11-24)17-4-3-7-20-22-17/h3-4,7,12,14-15H,5-6,8-11,13H2,1-2H3. The first-order valence-electron chi connectivity index (χ1n) is 9.51. The number of hydrogen-bond acceptors (Lipinski definition) is 5. The summed E-state index contributed by atoms with van der Waals surface area (Å²) in [6.45, 7) is 8.22. The molecule has 1 saturated carbocycles. The zero-order chi connectivity index (χ0) is 18.1. The summed E-state index contributed by atoms with van der Waals surface area (Å²) < 4.78 is 2.06. The fourth-order valence-electron chi connectivity index (χ4n) is 3.61. The van der Waals surface area contributed by atoms with Crippen LogP contribution in [0, 0.1) is 5.92 Å². The van der Waals surface area contributed by atoms with Crippen LogP contribution in [0.25, 0.3) is 0 Å². The highest BCUT2D eigenvalue weighted by Crippen LogP contribution is 2.42. The Morgan fingerprint density at radius 3 is 2.62 bits per heavy atom. The minimum atomic E-state index is 0.126. The van der Waals surface area contributed by atoms with E-state index < -0.39 is 0 Å². The van der Waals surface area contributed by atoms with E-state index in [9.17, 15) is 4.79 Å². The molecule has 2 fully saturated rings. The van der Waals surface area contributed by atoms with Crippen molar-refractivity contribution in [3.05, 3.63) is 35.8 Å². The van der Waals surface area contributed by atoms with Gasteiger partial charge in [-0.25, -0.2) is 0 Å². The highest BCUT2D eigenvalue weighted by atomic mass is 16.2. The van der Waals surface area contributed by atoms with Crippen LogP contribution in [0.15, 0.2) is 24.5 Å². The quantitative estimate of drug-likeness (QED) is 0.823. The van der Waals surface area contributed by atoms with Gasteiger partial charge in [0, 0.05) is 44.8 Å². The molecule has 3 heterocycles. The number of hydrogen-bond donors (Lipinski definition) is 0. The van der Waals surface area contributed by atoms with Gasteiger partial charge in [0.25, 0.3) is 5.91 Å². The molecule has 26 heavy (non-hydrogen) atoms. The van der Waals surface area contributed by atoms with E-state index in [0.29, 0.717) is 24.9 Å². The second-order valence-electron chi connectivity index (χ2n) is 7.65. The van der Waals surface area contributed by atoms with Gasteiger partial charge in [0.15, 0.2) is 5.82 Å². The van der Waals surface area contributed by atoms with Crippen molar-refractivity contribution in [2.75, 3.05) is 31.1 Å². The maximum atomic E-state index is 13.1. The first-order chi connectivity index (χ1) is 12.6. The molecule has 1 aliphatic heterocycles. The second-order valence-corrected chi connectivity index (χ2v) is 7.65. The molecular weight excluding hydrogens is 328 g/mol. The predicted molar refractivity (Wildman–Crippen MR) is 99.2 cm³/mol. The summed E-state index contributed by atoms with van der Waals surface area (Å²) in [5.41, 5.74) is 1.96. The monoisotopic (exact) mass is 354 g/mol. The molecule has 1 aliphatic carbocycles. The summed E-state index contributed by atoms with van der Waals surface area (Å²) in [5.74, 6) is 2.03. The highest BCUT2D eigenvalue weighted by molar-refractivity contribution is 5.95. The number of carbonyl (C=O) groups is 1. The SMILES string of the molecule is CC(C)Cn1ncc(C(=O)N2CCN(c3cccnn3)CC2)c1C1CC1. The third-order valence-corrected chi connectivity index (χ3v) is 5.06. The molecule has 0 aromatic carbocycles. The molecule has 138 valence electrons. The highest BCUT2D eigenvalue weighted by Gasteiger charge is 2.34. The molecule has 0 atom stereocenters. The van der Waals surface area contributed by atoms with Gasteiger partial charge in [-0.15, -0.1) is 5.10 Å². The molecule has 7 nitrogen and oxygen atoms in total. The molecule has 7 heteroatoms. The molecule has 0 radical (unpaired) electrons. The summed E-state index contributed by atoms with van der Waals surface area (Å²) in [6, 6.07) is 3.86. The van der Waals surface area contributed by atoms with Crippen LogP contribution in [-0.4, -0.2) is 57.0 Å². The van der Waals surface area contributed by atoms with E-state index in [1.807, 2.05) is 17.0 Å². The van der Waals surface area contributed by atoms with Gasteiger partial charge in [0.1, 0.15) is 0 Å². The van der Waals surface area contributed by atoms with Crippen LogP contribution in [0.4, 0.5) is 5.82 Å². The molecule has 0 spiro atoms. The van der Waals surface area contributed by atoms with Gasteiger partial charge in [-0.2, -0.15) is 10.2 Å². The van der Waals surface area contributed by atoms with Crippen LogP contribution >= 0.6 is 0 Å². The van der Waals surface area contributed by atoms with Crippen molar-refractivity contribution in [2.24, 2.45) is 5.92 Å². The number of carbonyl (C=O) groups excluding carboxylic acids is 1. The molecule has 1 saturated heterocycles. The minimum absolute atomic E-state index is 0.126. The lowest BCUT2D eigenvalue weighted by Gasteiger charge is -2.35. The fraction of sp³-hybridized carbons (Fsp3) is 0.579. The maximum absolute atomic E-state index is 13.1. The smallest absolute Gasteiger partial charge is 0.257 e. The second kappa shape index (κ2) is 7.05. The normalized spacial score (nSPS) is 17.8. The average Bonchev–Trinajstić information content (AvgIpc) is 3.42. The fourth-order valence-corrected chi connectivity index (χ4v) is 3.61. The predicted octanol–water partition coefficient (Wildman–Crippen LogP) is 2.17. The van der Waals surface area contributed by atoms with Gasteiger partial charge in [-0.05, 0) is 30.9 Å². The third kappa shape index (κ3) is 3.43. The van der Waals surface area contributed by atoms with Crippen LogP contribution in [0.5, 0.6) is 0 Å². The van der Waals surface area contributed by atoms with Crippen LogP contribution in [0.3, 0.4) is 0 Å². The maximum Gasteiger partial charge on any atom is 0.257 e. The van der Waals surface area contributed by atoms with Crippen molar-refractivity contribution in [2.45, 2.75) is 39.2 Å². The first-order valence-corrected chi connectivity index (χ1v) is 9.51. The van der Waals surface area contributed by atoms with Gasteiger partial charge < -0.3 is 9.80 Å². The average molecular weight is 354 g/mol. The van der Waals surface area contributed by atoms with Gasteiger partial charge in [-0.3, -0.25) is 9.48 Å². The van der Waals surface area contributed by atoms with Crippen molar-refractivity contribution < 1.29 is 4.79 Å². The third-order valence-electron chi connectivity index (χ3n) is 5.06. The van der Waals surface area contributed by atoms with E-state index in [-0.39, 0.29) is 5.91 Å². The van der Waals surface area contributed by atoms with Gasteiger partial charge >= 0.3 is 0 Å². The van der Waals surface area contributed by atoms with Crippen LogP contribution < -0.4 is 4.90 Å². The topological polar surface area (TPSA) is 67.2 Å². The summed E-state index contributed by atoms with van der Waals surface area (Å²) in [6.07, 6.45) is 5.81. The summed E-state index contributed by atoms with van der Waals surface area (Å²) in [7, 11) is 0. The Morgan fingerprint density at radius 2 is 2.00 bits per heavy atom. The van der Waals surface area contributed by atoms with E-state index in [1.165, 1.54) is 12.8 Å². The number of anilines is 1. The van der Waals surface area contributed by atoms with Gasteiger partial charge in [-0.1, -0.05) is 13.8 Å². The molecule has 2 aromatic rings. The zero-order valence-corrected chi connectivity index (χ0v) is 15.5. The molecular formula is C19H26N6O. The van der Waals surface area contributed by atoms with E-state index in [2.05, 4.69) is 38.7 Å². The van der Waals surface area contributed by atoms with E-state index in [4.69, 9.17) is 0 Å². The molecule has 0 N–H and O–H groups in total. The Labute approximate surface area is 154 Å². The van der Waals surface area contributed by atoms with Gasteiger partial charge in [0.05, 0.1) is 17.5 Å². The van der Waals surface area contributed by atoms with Crippen LogP contribution in [0.1, 0.15) is 48.7 Å². The van der Waals surface area contributed by atoms with Crippen molar-refractivity contribution in [3.8, 4) is 0 Å². The van der Waals surface area contributed by atoms with E-state index >= 15 is 0 Å². The lowest BCUT2D eigenvalue weighted by molar-refractivity contribution is 0.0745. The van der Waals surface area contributed by atoms with Crippen molar-refractivity contribution >= 4 is 11.7 Å². The Bertz CT molecular complexity index is 760. The number of piperazine rings is 1. The summed E-state index contributed by atoms with van der Waals surface area (Å²) in [4.78, 5) is 17.3. The lowest BCUT2D eigenvalue weighted by atomic mass is 10.1. The molecule has 0 bridgehead atoms. The first kappa shape index (κ1) is 17.0. The number of rotatable bonds is 5. The van der Waals surface area contributed by atoms with Crippen LogP contribution in [-0.2, 0) is 6.54 Å². The Hall–Kier alpha value is -2.44. The number of nitrogens with zero attached hydrogens (tertiary/aromatic N) is 6. The van der Waals surface area contributed by atoms with Crippen molar-refractivity contribution in [3.63, 3.8) is 0 Å². The van der Waals surface area contributed by atoms with E-state index in [0.717, 1.165) is 36.7 Å². The van der Waals surface area contributed by atoms with Crippen molar-refractivity contribution in [1.29, 1.82) is 0 Å². The lowest BCUT2D eigenvalue weighted by Crippen LogP contribution is -2.49. The van der Waals surface area contributed by atoms with Crippen molar-refractivity contribution in [1.82, 2.24) is 24.9 Å². The minimum Gasteiger partial charge on any atom is -0.352 e. The number of aromatic nitrogens is 4. The van der Waals surface area contributed by atoms with Gasteiger partial charge in [0.2, 0.25) is 0 Å². The molecule has 4 rings (SSSR count).